The Morgan fingerprint density at radius 2 is 2.07 bits per heavy atom. The molecule has 0 spiro atoms. The SMILES string of the molecule is CS[C@H]1OC([C@H](NC(=O)[C@@H]2C[C@@H](CC=C3CCC3)CN2)[C@H](C)Cl)[C@H](O)[C@H](O)[C@H]1O. The lowest BCUT2D eigenvalue weighted by molar-refractivity contribution is -0.205. The minimum atomic E-state index is -1.37. The maximum Gasteiger partial charge on any atom is 0.237 e. The molecule has 0 aromatic heterocycles. The molecule has 3 fully saturated rings. The van der Waals surface area contributed by atoms with E-state index in [0.29, 0.717) is 5.92 Å². The van der Waals surface area contributed by atoms with E-state index in [0.717, 1.165) is 19.4 Å². The van der Waals surface area contributed by atoms with Gasteiger partial charge in [-0.25, -0.2) is 0 Å². The van der Waals surface area contributed by atoms with E-state index in [9.17, 15) is 20.1 Å². The molecule has 29 heavy (non-hydrogen) atoms. The molecule has 0 radical (unpaired) electrons. The standard InChI is InChI=1S/C20H33ClN2O5S/c1-10(21)14(18-16(25)15(24)17(26)20(28-18)29-2)23-19(27)13-8-12(9-22-13)7-6-11-4-3-5-11/h6,10,12-18,20,22,24-26H,3-5,7-9H2,1-2H3,(H,23,27)/t10-,12+,13-,14+,15-,16+,17+,18?,20+/m0/s1. The second-order valence-electron chi connectivity index (χ2n) is 8.40. The van der Waals surface area contributed by atoms with Crippen molar-refractivity contribution in [2.24, 2.45) is 5.92 Å². The lowest BCUT2D eigenvalue weighted by Gasteiger charge is -2.44. The normalized spacial score (nSPS) is 39.5. The minimum Gasteiger partial charge on any atom is -0.388 e. The van der Waals surface area contributed by atoms with E-state index in [2.05, 4.69) is 16.7 Å². The molecule has 3 aliphatic rings. The number of hydrogen-bond donors (Lipinski definition) is 5. The number of amides is 1. The van der Waals surface area contributed by atoms with Crippen molar-refractivity contribution in [1.82, 2.24) is 10.6 Å². The summed E-state index contributed by atoms with van der Waals surface area (Å²) in [6.45, 7) is 2.51. The zero-order chi connectivity index (χ0) is 21.1. The molecule has 0 bridgehead atoms. The minimum absolute atomic E-state index is 0.182. The van der Waals surface area contributed by atoms with Crippen LogP contribution >= 0.6 is 23.4 Å². The van der Waals surface area contributed by atoms with Crippen LogP contribution in [0.2, 0.25) is 0 Å². The Morgan fingerprint density at radius 1 is 1.34 bits per heavy atom. The predicted molar refractivity (Wildman–Crippen MR) is 114 cm³/mol. The highest BCUT2D eigenvalue weighted by Gasteiger charge is 2.48. The maximum absolute atomic E-state index is 12.9. The van der Waals surface area contributed by atoms with Crippen LogP contribution < -0.4 is 10.6 Å². The summed E-state index contributed by atoms with van der Waals surface area (Å²) in [6, 6.07) is -1.01. The number of hydrogen-bond acceptors (Lipinski definition) is 7. The summed E-state index contributed by atoms with van der Waals surface area (Å²) in [5.74, 6) is 0.249. The van der Waals surface area contributed by atoms with Crippen molar-refractivity contribution in [3.05, 3.63) is 11.6 Å². The van der Waals surface area contributed by atoms with Gasteiger partial charge in [-0.2, -0.15) is 0 Å². The largest absolute Gasteiger partial charge is 0.388 e. The number of rotatable bonds is 7. The number of carbonyl (C=O) groups is 1. The molecule has 1 aliphatic carbocycles. The lowest BCUT2D eigenvalue weighted by atomic mass is 9.89. The fraction of sp³-hybridized carbons (Fsp3) is 0.850. The van der Waals surface area contributed by atoms with Crippen molar-refractivity contribution < 1.29 is 24.9 Å². The molecule has 1 saturated carbocycles. The van der Waals surface area contributed by atoms with Gasteiger partial charge < -0.3 is 30.7 Å². The van der Waals surface area contributed by atoms with Gasteiger partial charge in [0.2, 0.25) is 5.91 Å². The van der Waals surface area contributed by atoms with Gasteiger partial charge >= 0.3 is 0 Å². The molecule has 9 heteroatoms. The summed E-state index contributed by atoms with van der Waals surface area (Å²) in [5.41, 5.74) is 0.822. The van der Waals surface area contributed by atoms with Crippen LogP contribution in [0.25, 0.3) is 0 Å². The van der Waals surface area contributed by atoms with E-state index >= 15 is 0 Å². The van der Waals surface area contributed by atoms with Crippen LogP contribution in [0.1, 0.15) is 39.0 Å². The fourth-order valence-electron chi connectivity index (χ4n) is 4.20. The molecule has 2 aliphatic heterocycles. The van der Waals surface area contributed by atoms with Crippen LogP contribution in [0.15, 0.2) is 11.6 Å². The average Bonchev–Trinajstić information content (AvgIpc) is 3.12. The summed E-state index contributed by atoms with van der Waals surface area (Å²) in [7, 11) is 0. The van der Waals surface area contributed by atoms with E-state index < -0.39 is 41.3 Å². The van der Waals surface area contributed by atoms with Crippen LogP contribution in [0.5, 0.6) is 0 Å². The van der Waals surface area contributed by atoms with Crippen molar-refractivity contribution in [2.45, 2.75) is 86.3 Å². The molecule has 5 N–H and O–H groups in total. The molecule has 7 nitrogen and oxygen atoms in total. The second kappa shape index (κ2) is 10.3. The molecule has 1 amide bonds. The third kappa shape index (κ3) is 5.47. The van der Waals surface area contributed by atoms with E-state index in [1.54, 1.807) is 13.2 Å². The Balaban J connectivity index is 1.59. The molecule has 9 atom stereocenters. The van der Waals surface area contributed by atoms with Crippen LogP contribution in [0.3, 0.4) is 0 Å². The Bertz CT molecular complexity index is 599. The van der Waals surface area contributed by atoms with Crippen molar-refractivity contribution in [3.8, 4) is 0 Å². The maximum atomic E-state index is 12.9. The number of halogens is 1. The molecule has 2 heterocycles. The molecular weight excluding hydrogens is 416 g/mol. The fourth-order valence-corrected chi connectivity index (χ4v) is 5.08. The number of nitrogens with one attached hydrogen (secondary N) is 2. The highest BCUT2D eigenvalue weighted by atomic mass is 35.5. The monoisotopic (exact) mass is 448 g/mol. The molecule has 3 rings (SSSR count). The number of aliphatic hydroxyl groups is 3. The Hall–Kier alpha value is -0.350. The first-order valence-corrected chi connectivity index (χ1v) is 12.1. The number of alkyl halides is 1. The molecule has 2 saturated heterocycles. The highest BCUT2D eigenvalue weighted by Crippen LogP contribution is 2.31. The second-order valence-corrected chi connectivity index (χ2v) is 10.0. The quantitative estimate of drug-likeness (QED) is 0.288. The van der Waals surface area contributed by atoms with Crippen LogP contribution in [-0.4, -0.2) is 81.3 Å². The van der Waals surface area contributed by atoms with Crippen molar-refractivity contribution in [2.75, 3.05) is 12.8 Å². The molecule has 1 unspecified atom stereocenters. The van der Waals surface area contributed by atoms with Gasteiger partial charge in [-0.1, -0.05) is 11.6 Å². The van der Waals surface area contributed by atoms with E-state index in [-0.39, 0.29) is 11.9 Å². The third-order valence-electron chi connectivity index (χ3n) is 6.27. The van der Waals surface area contributed by atoms with Gasteiger partial charge in [0.05, 0.1) is 17.5 Å². The zero-order valence-electron chi connectivity index (χ0n) is 17.0. The van der Waals surface area contributed by atoms with Gasteiger partial charge in [-0.05, 0) is 57.7 Å². The van der Waals surface area contributed by atoms with Crippen LogP contribution in [0.4, 0.5) is 0 Å². The van der Waals surface area contributed by atoms with Gasteiger partial charge in [0, 0.05) is 0 Å². The van der Waals surface area contributed by atoms with Crippen molar-refractivity contribution in [1.29, 1.82) is 0 Å². The summed E-state index contributed by atoms with van der Waals surface area (Å²) in [6.07, 6.45) is 4.68. The third-order valence-corrected chi connectivity index (χ3v) is 7.40. The molecule has 0 aromatic rings. The number of thioether (sulfide) groups is 1. The first kappa shape index (κ1) is 23.3. The number of allylic oxidation sites excluding steroid dienone is 2. The van der Waals surface area contributed by atoms with E-state index in [1.807, 2.05) is 0 Å². The van der Waals surface area contributed by atoms with Crippen LogP contribution in [-0.2, 0) is 9.53 Å². The Morgan fingerprint density at radius 3 is 2.66 bits per heavy atom. The summed E-state index contributed by atoms with van der Waals surface area (Å²) in [5, 5.41) is 36.3. The van der Waals surface area contributed by atoms with E-state index in [1.165, 1.54) is 36.6 Å². The predicted octanol–water partition coefficient (Wildman–Crippen LogP) is 0.748. The van der Waals surface area contributed by atoms with Gasteiger partial charge in [-0.3, -0.25) is 4.79 Å². The summed E-state index contributed by atoms with van der Waals surface area (Å²) < 4.78 is 5.80. The van der Waals surface area contributed by atoms with Gasteiger partial charge in [0.15, 0.2) is 0 Å². The highest BCUT2D eigenvalue weighted by molar-refractivity contribution is 7.99. The summed E-state index contributed by atoms with van der Waals surface area (Å²) >= 11 is 7.55. The zero-order valence-corrected chi connectivity index (χ0v) is 18.5. The summed E-state index contributed by atoms with van der Waals surface area (Å²) in [4.78, 5) is 12.9. The first-order valence-electron chi connectivity index (χ1n) is 10.4. The van der Waals surface area contributed by atoms with Crippen molar-refractivity contribution >= 4 is 29.3 Å². The number of aliphatic hydroxyl groups excluding tert-OH is 3. The van der Waals surface area contributed by atoms with Gasteiger partial charge in [-0.15, -0.1) is 23.4 Å². The molecular formula is C20H33ClN2O5S. The Labute approximate surface area is 181 Å². The van der Waals surface area contributed by atoms with Crippen molar-refractivity contribution in [3.63, 3.8) is 0 Å². The smallest absolute Gasteiger partial charge is 0.237 e. The number of ether oxygens (including phenoxy) is 1. The average molecular weight is 449 g/mol. The molecule has 0 aromatic carbocycles. The van der Waals surface area contributed by atoms with Gasteiger partial charge in [0.1, 0.15) is 29.9 Å². The number of carbonyl (C=O) groups excluding carboxylic acids is 1. The van der Waals surface area contributed by atoms with Crippen LogP contribution in [0, 0.1) is 5.92 Å². The topological polar surface area (TPSA) is 111 Å². The first-order chi connectivity index (χ1) is 13.8. The Kier molecular flexibility index (Phi) is 8.29. The molecule has 166 valence electrons. The van der Waals surface area contributed by atoms with Gasteiger partial charge in [0.25, 0.3) is 0 Å². The van der Waals surface area contributed by atoms with E-state index in [4.69, 9.17) is 16.3 Å². The lowest BCUT2D eigenvalue weighted by Crippen LogP contribution is -2.65.